The summed E-state index contributed by atoms with van der Waals surface area (Å²) in [5, 5.41) is 11.9. The zero-order valence-electron chi connectivity index (χ0n) is 19.0. The van der Waals surface area contributed by atoms with E-state index >= 15 is 0 Å². The highest BCUT2D eigenvalue weighted by Crippen LogP contribution is 2.39. The highest BCUT2D eigenvalue weighted by molar-refractivity contribution is 14.1. The van der Waals surface area contributed by atoms with Gasteiger partial charge in [0.05, 0.1) is 29.6 Å². The minimum absolute atomic E-state index is 0.0160. The van der Waals surface area contributed by atoms with E-state index in [0.717, 1.165) is 14.7 Å². The highest BCUT2D eigenvalue weighted by atomic mass is 127. The molecule has 6 nitrogen and oxygen atoms in total. The molecule has 0 aliphatic carbocycles. The first-order chi connectivity index (χ1) is 16.4. The van der Waals surface area contributed by atoms with Crippen LogP contribution in [0.4, 0.5) is 0 Å². The number of allylic oxidation sites excluding steroid dienone is 2. The molecule has 0 spiro atoms. The fourth-order valence-electron chi connectivity index (χ4n) is 3.77. The van der Waals surface area contributed by atoms with Gasteiger partial charge in [-0.1, -0.05) is 48.5 Å². The van der Waals surface area contributed by atoms with E-state index in [2.05, 4.69) is 27.9 Å². The lowest BCUT2D eigenvalue weighted by atomic mass is 9.80. The van der Waals surface area contributed by atoms with E-state index in [4.69, 9.17) is 14.7 Å². The van der Waals surface area contributed by atoms with Gasteiger partial charge in [0.15, 0.2) is 0 Å². The summed E-state index contributed by atoms with van der Waals surface area (Å²) in [4.78, 5) is 26.3. The van der Waals surface area contributed by atoms with Gasteiger partial charge in [-0.2, -0.15) is 5.26 Å². The SMILES string of the molecule is CC1=C(C(=O)OCC=Cc2ccccc2)C(c2cccc(I)c2)C(C(=O)OCCC#N)=C(C)N1. The lowest BCUT2D eigenvalue weighted by Gasteiger charge is -2.30. The molecule has 174 valence electrons. The number of benzene rings is 2. The smallest absolute Gasteiger partial charge is 0.337 e. The molecule has 0 amide bonds. The molecule has 1 aliphatic rings. The van der Waals surface area contributed by atoms with Crippen molar-refractivity contribution >= 4 is 40.6 Å². The number of carbonyl (C=O) groups is 2. The van der Waals surface area contributed by atoms with Gasteiger partial charge in [-0.15, -0.1) is 0 Å². The van der Waals surface area contributed by atoms with Gasteiger partial charge < -0.3 is 14.8 Å². The second-order valence-electron chi connectivity index (χ2n) is 7.65. The summed E-state index contributed by atoms with van der Waals surface area (Å²) in [5.74, 6) is -1.73. The molecule has 0 saturated carbocycles. The Balaban J connectivity index is 1.89. The van der Waals surface area contributed by atoms with E-state index in [1.165, 1.54) is 0 Å². The molecule has 2 aromatic carbocycles. The summed E-state index contributed by atoms with van der Waals surface area (Å²) in [6.07, 6.45) is 3.75. The van der Waals surface area contributed by atoms with Gasteiger partial charge in [-0.05, 0) is 65.8 Å². The fourth-order valence-corrected chi connectivity index (χ4v) is 4.34. The van der Waals surface area contributed by atoms with Gasteiger partial charge in [0.2, 0.25) is 0 Å². The van der Waals surface area contributed by atoms with E-state index in [1.54, 1.807) is 19.9 Å². The van der Waals surface area contributed by atoms with E-state index in [0.29, 0.717) is 22.5 Å². The molecule has 1 N–H and O–H groups in total. The molecule has 3 rings (SSSR count). The molecule has 1 atom stereocenters. The van der Waals surface area contributed by atoms with Crippen molar-refractivity contribution < 1.29 is 19.1 Å². The summed E-state index contributed by atoms with van der Waals surface area (Å²) in [6.45, 7) is 3.64. The Labute approximate surface area is 213 Å². The monoisotopic (exact) mass is 568 g/mol. The number of esters is 2. The van der Waals surface area contributed by atoms with E-state index in [9.17, 15) is 9.59 Å². The van der Waals surface area contributed by atoms with Crippen molar-refractivity contribution in [1.82, 2.24) is 5.32 Å². The predicted molar refractivity (Wildman–Crippen MR) is 138 cm³/mol. The van der Waals surface area contributed by atoms with Crippen LogP contribution >= 0.6 is 22.6 Å². The Morgan fingerprint density at radius 2 is 1.71 bits per heavy atom. The second kappa shape index (κ2) is 12.2. The topological polar surface area (TPSA) is 88.4 Å². The Bertz CT molecular complexity index is 1190. The number of nitrogens with one attached hydrogen (secondary N) is 1. The average molecular weight is 568 g/mol. The van der Waals surface area contributed by atoms with Crippen molar-refractivity contribution in [3.8, 4) is 6.07 Å². The standard InChI is InChI=1S/C27H25IN2O4/c1-18-23(26(31)33-15-7-11-20-9-4-3-5-10-20)25(21-12-6-13-22(28)17-21)24(19(2)30-18)27(32)34-16-8-14-29/h3-7,9-13,17,25,30H,8,15-16H2,1-2H3. The molecule has 1 unspecified atom stereocenters. The van der Waals surface area contributed by atoms with Crippen LogP contribution in [0.3, 0.4) is 0 Å². The Hall–Kier alpha value is -3.38. The van der Waals surface area contributed by atoms with Crippen molar-refractivity contribution in [2.75, 3.05) is 13.2 Å². The minimum Gasteiger partial charge on any atom is -0.461 e. The number of dihydropyridines is 1. The fraction of sp³-hybridized carbons (Fsp3) is 0.222. The summed E-state index contributed by atoms with van der Waals surface area (Å²) in [7, 11) is 0. The molecule has 34 heavy (non-hydrogen) atoms. The normalized spacial score (nSPS) is 15.6. The molecular formula is C27H25IN2O4. The summed E-state index contributed by atoms with van der Waals surface area (Å²) in [6, 6.07) is 19.3. The molecule has 0 radical (unpaired) electrons. The molecule has 0 bridgehead atoms. The molecule has 7 heteroatoms. The largest absolute Gasteiger partial charge is 0.461 e. The van der Waals surface area contributed by atoms with Gasteiger partial charge in [-0.3, -0.25) is 0 Å². The molecule has 2 aromatic rings. The third-order valence-corrected chi connectivity index (χ3v) is 5.92. The van der Waals surface area contributed by atoms with Crippen molar-refractivity contribution in [2.45, 2.75) is 26.2 Å². The second-order valence-corrected chi connectivity index (χ2v) is 8.89. The van der Waals surface area contributed by atoms with E-state index < -0.39 is 17.9 Å². The van der Waals surface area contributed by atoms with Crippen LogP contribution in [-0.4, -0.2) is 25.2 Å². The van der Waals surface area contributed by atoms with Gasteiger partial charge >= 0.3 is 11.9 Å². The summed E-state index contributed by atoms with van der Waals surface area (Å²) in [5.41, 5.74) is 3.69. The number of hydrogen-bond acceptors (Lipinski definition) is 6. The first-order valence-corrected chi connectivity index (χ1v) is 11.9. The zero-order valence-corrected chi connectivity index (χ0v) is 21.2. The Morgan fingerprint density at radius 1 is 1.03 bits per heavy atom. The van der Waals surface area contributed by atoms with Gasteiger partial charge in [0.1, 0.15) is 13.2 Å². The van der Waals surface area contributed by atoms with Crippen LogP contribution in [0.15, 0.2) is 83.2 Å². The quantitative estimate of drug-likeness (QED) is 0.266. The third-order valence-electron chi connectivity index (χ3n) is 5.25. The number of ether oxygens (including phenoxy) is 2. The molecule has 1 heterocycles. The van der Waals surface area contributed by atoms with Crippen molar-refractivity contribution in [1.29, 1.82) is 5.26 Å². The number of nitrogens with zero attached hydrogens (tertiary/aromatic N) is 1. The number of nitriles is 1. The zero-order chi connectivity index (χ0) is 24.5. The maximum atomic E-state index is 13.3. The van der Waals surface area contributed by atoms with Crippen molar-refractivity contribution in [3.63, 3.8) is 0 Å². The number of halogens is 1. The summed E-state index contributed by atoms with van der Waals surface area (Å²) >= 11 is 2.20. The van der Waals surface area contributed by atoms with Crippen LogP contribution in [0.5, 0.6) is 0 Å². The summed E-state index contributed by atoms with van der Waals surface area (Å²) < 4.78 is 11.9. The van der Waals surface area contributed by atoms with Gasteiger partial charge in [-0.25, -0.2) is 9.59 Å². The van der Waals surface area contributed by atoms with Crippen LogP contribution in [0.1, 0.15) is 37.3 Å². The maximum Gasteiger partial charge on any atom is 0.337 e. The van der Waals surface area contributed by atoms with Gasteiger partial charge in [0, 0.05) is 15.0 Å². The lowest BCUT2D eigenvalue weighted by molar-refractivity contribution is -0.139. The maximum absolute atomic E-state index is 13.3. The van der Waals surface area contributed by atoms with Crippen molar-refractivity contribution in [2.24, 2.45) is 0 Å². The minimum atomic E-state index is -0.656. The van der Waals surface area contributed by atoms with E-state index in [1.807, 2.05) is 66.7 Å². The van der Waals surface area contributed by atoms with Crippen molar-refractivity contribution in [3.05, 3.63) is 97.9 Å². The number of carbonyl (C=O) groups excluding carboxylic acids is 2. The third kappa shape index (κ3) is 6.35. The van der Waals surface area contributed by atoms with Gasteiger partial charge in [0.25, 0.3) is 0 Å². The average Bonchev–Trinajstić information content (AvgIpc) is 2.82. The number of rotatable bonds is 8. The number of hydrogen-bond donors (Lipinski definition) is 1. The Kier molecular flexibility index (Phi) is 9.05. The lowest BCUT2D eigenvalue weighted by Crippen LogP contribution is -2.32. The van der Waals surface area contributed by atoms with Crippen LogP contribution in [0.2, 0.25) is 0 Å². The van der Waals surface area contributed by atoms with Crippen LogP contribution in [0, 0.1) is 14.9 Å². The first kappa shape index (κ1) is 25.2. The molecular weight excluding hydrogens is 543 g/mol. The Morgan fingerprint density at radius 3 is 2.35 bits per heavy atom. The van der Waals surface area contributed by atoms with Crippen LogP contribution in [0.25, 0.3) is 6.08 Å². The van der Waals surface area contributed by atoms with Crippen LogP contribution < -0.4 is 5.32 Å². The predicted octanol–water partition coefficient (Wildman–Crippen LogP) is 5.24. The highest BCUT2D eigenvalue weighted by Gasteiger charge is 2.38. The molecule has 0 fully saturated rings. The molecule has 0 aromatic heterocycles. The molecule has 0 saturated heterocycles. The molecule has 1 aliphatic heterocycles. The van der Waals surface area contributed by atoms with Crippen LogP contribution in [-0.2, 0) is 19.1 Å². The first-order valence-electron chi connectivity index (χ1n) is 10.8. The van der Waals surface area contributed by atoms with E-state index in [-0.39, 0.29) is 19.6 Å².